The van der Waals surface area contributed by atoms with Gasteiger partial charge in [0.1, 0.15) is 10.6 Å². The van der Waals surface area contributed by atoms with E-state index in [0.29, 0.717) is 6.54 Å². The molecule has 2 rings (SSSR count). The highest BCUT2D eigenvalue weighted by Gasteiger charge is 2.32. The van der Waals surface area contributed by atoms with E-state index < -0.39 is 20.9 Å². The molecular formula is C9H9ClN2O4S. The molecule has 1 aliphatic rings. The number of fused-ring (bicyclic) bond motifs is 1. The maximum atomic E-state index is 11.6. The van der Waals surface area contributed by atoms with Crippen LogP contribution in [0.2, 0.25) is 5.02 Å². The number of hydrogen-bond donors (Lipinski definition) is 2. The van der Waals surface area contributed by atoms with Crippen molar-refractivity contribution < 1.29 is 17.8 Å². The molecule has 0 saturated heterocycles. The molecule has 92 valence electrons. The highest BCUT2D eigenvalue weighted by molar-refractivity contribution is 7.86. The fourth-order valence-electron chi connectivity index (χ4n) is 1.79. The molecule has 1 amide bonds. The molecule has 1 aromatic heterocycles. The van der Waals surface area contributed by atoms with Crippen LogP contribution in [0.25, 0.3) is 6.08 Å². The number of carbonyl (C=O) groups is 1. The van der Waals surface area contributed by atoms with Gasteiger partial charge in [-0.15, -0.1) is 0 Å². The minimum absolute atomic E-state index is 0.0294. The van der Waals surface area contributed by atoms with Crippen LogP contribution in [0, 0.1) is 0 Å². The van der Waals surface area contributed by atoms with Crippen LogP contribution in [0.15, 0.2) is 11.0 Å². The molecule has 0 atom stereocenters. The van der Waals surface area contributed by atoms with E-state index in [4.69, 9.17) is 16.2 Å². The number of hydrogen-bond acceptors (Lipinski definition) is 3. The molecule has 0 fully saturated rings. The van der Waals surface area contributed by atoms with Gasteiger partial charge >= 0.3 is 0 Å². The summed E-state index contributed by atoms with van der Waals surface area (Å²) in [5, 5.41) is 2.11. The minimum atomic E-state index is -4.46. The molecule has 0 aliphatic carbocycles. The Bertz CT molecular complexity index is 630. The van der Waals surface area contributed by atoms with Gasteiger partial charge in [0.25, 0.3) is 16.0 Å². The molecule has 1 aromatic rings. The first-order chi connectivity index (χ1) is 7.88. The van der Waals surface area contributed by atoms with Crippen LogP contribution in [0.1, 0.15) is 16.2 Å². The third kappa shape index (κ3) is 1.76. The number of rotatable bonds is 2. The monoisotopic (exact) mass is 276 g/mol. The number of carbonyl (C=O) groups excluding carboxylic acids is 1. The molecule has 0 bridgehead atoms. The number of nitrogens with one attached hydrogen (secondary N) is 1. The topological polar surface area (TPSA) is 88.4 Å². The minimum Gasteiger partial charge on any atom is -0.354 e. The number of halogens is 1. The van der Waals surface area contributed by atoms with Crippen molar-refractivity contribution in [1.29, 1.82) is 0 Å². The zero-order chi connectivity index (χ0) is 12.8. The second-order valence-electron chi connectivity index (χ2n) is 3.44. The van der Waals surface area contributed by atoms with Crippen molar-refractivity contribution in [2.75, 3.05) is 7.05 Å². The van der Waals surface area contributed by atoms with E-state index in [0.717, 1.165) is 0 Å². The lowest BCUT2D eigenvalue weighted by Gasteiger charge is -2.04. The number of allylic oxidation sites excluding steroid dienone is 1. The largest absolute Gasteiger partial charge is 0.354 e. The Balaban J connectivity index is 2.80. The first-order valence-corrected chi connectivity index (χ1v) is 6.47. The normalized spacial score (nSPS) is 13.8. The van der Waals surface area contributed by atoms with Gasteiger partial charge in [-0.05, 0) is 6.08 Å². The summed E-state index contributed by atoms with van der Waals surface area (Å²) in [5.41, 5.74) is 0.248. The van der Waals surface area contributed by atoms with E-state index in [-0.39, 0.29) is 16.4 Å². The van der Waals surface area contributed by atoms with Crippen molar-refractivity contribution in [3.05, 3.63) is 22.5 Å². The zero-order valence-electron chi connectivity index (χ0n) is 8.77. The molecule has 0 spiro atoms. The van der Waals surface area contributed by atoms with Crippen molar-refractivity contribution in [2.45, 2.75) is 11.4 Å². The molecular weight excluding hydrogens is 268 g/mol. The Morgan fingerprint density at radius 2 is 2.24 bits per heavy atom. The van der Waals surface area contributed by atoms with Crippen LogP contribution < -0.4 is 5.32 Å². The predicted molar refractivity (Wildman–Crippen MR) is 61.7 cm³/mol. The summed E-state index contributed by atoms with van der Waals surface area (Å²) in [5.74, 6) is -0.505. The van der Waals surface area contributed by atoms with Gasteiger partial charge in [-0.25, -0.2) is 0 Å². The fraction of sp³-hybridized carbons (Fsp3) is 0.222. The average molecular weight is 277 g/mol. The van der Waals surface area contributed by atoms with E-state index in [1.165, 1.54) is 17.7 Å². The van der Waals surface area contributed by atoms with Crippen LogP contribution >= 0.6 is 11.6 Å². The average Bonchev–Trinajstić information content (AvgIpc) is 2.73. The molecule has 17 heavy (non-hydrogen) atoms. The van der Waals surface area contributed by atoms with Crippen molar-refractivity contribution in [1.82, 2.24) is 9.88 Å². The fourth-order valence-corrected chi connectivity index (χ4v) is 3.14. The standard InChI is InChI=1S/C9H9ClN2O4S/c1-11-9(13)7-6(10)8(17(14,15)16)5-3-2-4-12(5)7/h2-3H,4H2,1H3,(H,11,13)(H,14,15,16). The molecule has 0 radical (unpaired) electrons. The van der Waals surface area contributed by atoms with E-state index in [2.05, 4.69) is 5.32 Å². The quantitative estimate of drug-likeness (QED) is 0.781. The Kier molecular flexibility index (Phi) is 2.76. The molecule has 0 unspecified atom stereocenters. The molecule has 8 heteroatoms. The molecule has 1 aliphatic heterocycles. The van der Waals surface area contributed by atoms with E-state index in [1.54, 1.807) is 6.08 Å². The number of aromatic nitrogens is 1. The Hall–Kier alpha value is -1.31. The summed E-state index contributed by atoms with van der Waals surface area (Å²) in [6.07, 6.45) is 3.17. The Morgan fingerprint density at radius 3 is 2.76 bits per heavy atom. The number of nitrogens with zero attached hydrogens (tertiary/aromatic N) is 1. The molecule has 0 aromatic carbocycles. The van der Waals surface area contributed by atoms with Gasteiger partial charge in [-0.2, -0.15) is 8.42 Å². The Morgan fingerprint density at radius 1 is 1.59 bits per heavy atom. The highest BCUT2D eigenvalue weighted by Crippen LogP contribution is 2.35. The Labute approximate surface area is 103 Å². The van der Waals surface area contributed by atoms with Crippen LogP contribution in [0.5, 0.6) is 0 Å². The van der Waals surface area contributed by atoms with Crippen molar-refractivity contribution in [2.24, 2.45) is 0 Å². The SMILES string of the molecule is CNC(=O)c1c(Cl)c(S(=O)(=O)O)c2n1CC=C2. The highest BCUT2D eigenvalue weighted by atomic mass is 35.5. The third-order valence-electron chi connectivity index (χ3n) is 2.46. The van der Waals surface area contributed by atoms with Gasteiger partial charge in [-0.3, -0.25) is 9.35 Å². The summed E-state index contributed by atoms with van der Waals surface area (Å²) in [6.45, 7) is 0.341. The summed E-state index contributed by atoms with van der Waals surface area (Å²) in [7, 11) is -3.05. The van der Waals surface area contributed by atoms with Gasteiger partial charge in [0.2, 0.25) is 0 Å². The smallest absolute Gasteiger partial charge is 0.298 e. The summed E-state index contributed by atoms with van der Waals surface area (Å²) in [4.78, 5) is 11.2. The molecule has 2 N–H and O–H groups in total. The van der Waals surface area contributed by atoms with Crippen LogP contribution in [0.3, 0.4) is 0 Å². The zero-order valence-corrected chi connectivity index (χ0v) is 10.3. The van der Waals surface area contributed by atoms with Crippen molar-refractivity contribution >= 4 is 33.7 Å². The van der Waals surface area contributed by atoms with Crippen LogP contribution in [-0.2, 0) is 16.7 Å². The summed E-state index contributed by atoms with van der Waals surface area (Å²) >= 11 is 5.85. The first-order valence-electron chi connectivity index (χ1n) is 4.66. The first kappa shape index (κ1) is 12.2. The van der Waals surface area contributed by atoms with Gasteiger partial charge in [0.05, 0.1) is 10.7 Å². The van der Waals surface area contributed by atoms with Gasteiger partial charge < -0.3 is 9.88 Å². The van der Waals surface area contributed by atoms with Gasteiger partial charge in [0.15, 0.2) is 0 Å². The lowest BCUT2D eigenvalue weighted by atomic mass is 10.3. The molecule has 0 saturated carbocycles. The maximum absolute atomic E-state index is 11.6. The predicted octanol–water partition coefficient (Wildman–Crippen LogP) is 0.775. The maximum Gasteiger partial charge on any atom is 0.298 e. The third-order valence-corrected chi connectivity index (χ3v) is 3.87. The van der Waals surface area contributed by atoms with E-state index >= 15 is 0 Å². The second kappa shape index (κ2) is 3.86. The van der Waals surface area contributed by atoms with Crippen molar-refractivity contribution in [3.63, 3.8) is 0 Å². The lowest BCUT2D eigenvalue weighted by molar-refractivity contribution is 0.0954. The summed E-state index contributed by atoms with van der Waals surface area (Å²) < 4.78 is 33.0. The number of amides is 1. The van der Waals surface area contributed by atoms with E-state index in [1.807, 2.05) is 0 Å². The van der Waals surface area contributed by atoms with E-state index in [9.17, 15) is 13.2 Å². The van der Waals surface area contributed by atoms with Crippen LogP contribution in [-0.4, -0.2) is 30.5 Å². The molecule has 6 nitrogen and oxygen atoms in total. The lowest BCUT2D eigenvalue weighted by Crippen LogP contribution is -2.21. The molecule has 2 heterocycles. The van der Waals surface area contributed by atoms with Crippen LogP contribution in [0.4, 0.5) is 0 Å². The van der Waals surface area contributed by atoms with Gasteiger partial charge in [0, 0.05) is 13.6 Å². The summed E-state index contributed by atoms with van der Waals surface area (Å²) in [6, 6.07) is 0. The van der Waals surface area contributed by atoms with Gasteiger partial charge in [-0.1, -0.05) is 17.7 Å². The van der Waals surface area contributed by atoms with Crippen molar-refractivity contribution in [3.8, 4) is 0 Å². The second-order valence-corrected chi connectivity index (χ2v) is 5.18.